The molecule has 66 valence electrons. The Hall–Kier alpha value is -1.06. The Labute approximate surface area is 70.2 Å². The van der Waals surface area contributed by atoms with Gasteiger partial charge in [0.1, 0.15) is 5.78 Å². The van der Waals surface area contributed by atoms with Crippen LogP contribution >= 0.6 is 0 Å². The monoisotopic (exact) mass is 169 g/mol. The number of hydrogen-bond donors (Lipinski definition) is 1. The third-order valence-corrected chi connectivity index (χ3v) is 2.83. The molecule has 2 rings (SSSR count). The molecule has 1 saturated heterocycles. The molecular weight excluding hydrogens is 158 g/mol. The lowest BCUT2D eigenvalue weighted by atomic mass is 10.0. The number of likely N-dealkylation sites (tertiary alicyclic amines) is 1. The van der Waals surface area contributed by atoms with E-state index in [2.05, 4.69) is 0 Å². The van der Waals surface area contributed by atoms with E-state index in [1.807, 2.05) is 0 Å². The first-order valence-corrected chi connectivity index (χ1v) is 4.16. The molecule has 0 bridgehead atoms. The van der Waals surface area contributed by atoms with Crippen LogP contribution in [0.2, 0.25) is 0 Å². The molecule has 1 saturated carbocycles. The van der Waals surface area contributed by atoms with Crippen LogP contribution in [0.25, 0.3) is 0 Å². The van der Waals surface area contributed by atoms with E-state index in [9.17, 15) is 9.59 Å². The van der Waals surface area contributed by atoms with Crippen LogP contribution in [-0.4, -0.2) is 35.0 Å². The molecule has 4 nitrogen and oxygen atoms in total. The summed E-state index contributed by atoms with van der Waals surface area (Å²) in [5.41, 5.74) is 0. The Kier molecular flexibility index (Phi) is 1.56. The molecule has 4 heteroatoms. The van der Waals surface area contributed by atoms with Crippen molar-refractivity contribution in [3.8, 4) is 0 Å². The Morgan fingerprint density at radius 3 is 2.25 bits per heavy atom. The fraction of sp³-hybridized carbons (Fsp3) is 0.750. The summed E-state index contributed by atoms with van der Waals surface area (Å²) in [5.74, 6) is 0.928. The molecule has 0 aromatic heterocycles. The molecule has 0 aromatic carbocycles. The molecule has 2 aliphatic rings. The molecule has 0 unspecified atom stereocenters. The van der Waals surface area contributed by atoms with Gasteiger partial charge in [0.25, 0.3) is 0 Å². The van der Waals surface area contributed by atoms with Gasteiger partial charge >= 0.3 is 6.09 Å². The maximum atomic E-state index is 11.0. The number of nitrogens with zero attached hydrogens (tertiary/aromatic N) is 1. The first-order valence-electron chi connectivity index (χ1n) is 4.16. The largest absolute Gasteiger partial charge is 0.465 e. The van der Waals surface area contributed by atoms with Gasteiger partial charge in [-0.15, -0.1) is 0 Å². The Morgan fingerprint density at radius 1 is 1.33 bits per heavy atom. The highest BCUT2D eigenvalue weighted by Gasteiger charge is 2.41. The average Bonchev–Trinajstić information content (AvgIpc) is 2.42. The number of fused-ring (bicyclic) bond motifs is 1. The van der Waals surface area contributed by atoms with E-state index < -0.39 is 6.09 Å². The van der Waals surface area contributed by atoms with Crippen molar-refractivity contribution in [2.45, 2.75) is 12.8 Å². The van der Waals surface area contributed by atoms with Gasteiger partial charge in [-0.1, -0.05) is 0 Å². The van der Waals surface area contributed by atoms with Crippen LogP contribution in [0.5, 0.6) is 0 Å². The van der Waals surface area contributed by atoms with Gasteiger partial charge in [-0.05, 0) is 11.8 Å². The van der Waals surface area contributed by atoms with Gasteiger partial charge in [0, 0.05) is 25.9 Å². The van der Waals surface area contributed by atoms with Gasteiger partial charge in [-0.2, -0.15) is 0 Å². The summed E-state index contributed by atoms with van der Waals surface area (Å²) in [6.45, 7) is 1.12. The van der Waals surface area contributed by atoms with Crippen molar-refractivity contribution in [2.75, 3.05) is 13.1 Å². The topological polar surface area (TPSA) is 57.6 Å². The van der Waals surface area contributed by atoms with Crippen LogP contribution < -0.4 is 0 Å². The molecule has 2 fully saturated rings. The second-order valence-corrected chi connectivity index (χ2v) is 3.65. The van der Waals surface area contributed by atoms with Gasteiger partial charge in [0.15, 0.2) is 0 Å². The van der Waals surface area contributed by atoms with E-state index in [0.717, 1.165) is 0 Å². The number of ketones is 1. The number of carboxylic acid groups (broad SMARTS) is 1. The van der Waals surface area contributed by atoms with Crippen molar-refractivity contribution in [2.24, 2.45) is 11.8 Å². The van der Waals surface area contributed by atoms with Crippen LogP contribution in [0.3, 0.4) is 0 Å². The SMILES string of the molecule is O=C1C[C@@H]2CN(C(=O)O)C[C@@H]2C1. The minimum absolute atomic E-state index is 0.301. The van der Waals surface area contributed by atoms with Gasteiger partial charge in [0.2, 0.25) is 0 Å². The van der Waals surface area contributed by atoms with Crippen molar-refractivity contribution in [1.82, 2.24) is 4.90 Å². The third-order valence-electron chi connectivity index (χ3n) is 2.83. The lowest BCUT2D eigenvalue weighted by molar-refractivity contribution is -0.118. The average molecular weight is 169 g/mol. The molecule has 1 heterocycles. The van der Waals surface area contributed by atoms with Gasteiger partial charge in [-0.3, -0.25) is 4.79 Å². The molecule has 1 aliphatic heterocycles. The maximum Gasteiger partial charge on any atom is 0.407 e. The number of Topliss-reactive ketones (excluding diaryl/α,β-unsaturated/α-hetero) is 1. The van der Waals surface area contributed by atoms with Crippen LogP contribution in [0, 0.1) is 11.8 Å². The quantitative estimate of drug-likeness (QED) is 0.577. The summed E-state index contributed by atoms with van der Waals surface area (Å²) in [6.07, 6.45) is 0.333. The maximum absolute atomic E-state index is 11.0. The summed E-state index contributed by atoms with van der Waals surface area (Å²) < 4.78 is 0. The molecule has 1 amide bonds. The third kappa shape index (κ3) is 1.07. The van der Waals surface area contributed by atoms with E-state index in [4.69, 9.17) is 5.11 Å². The van der Waals surface area contributed by atoms with Gasteiger partial charge in [0.05, 0.1) is 0 Å². The van der Waals surface area contributed by atoms with Crippen LogP contribution in [0.15, 0.2) is 0 Å². The van der Waals surface area contributed by atoms with Crippen LogP contribution in [0.4, 0.5) is 4.79 Å². The van der Waals surface area contributed by atoms with Crippen LogP contribution in [0.1, 0.15) is 12.8 Å². The van der Waals surface area contributed by atoms with Gasteiger partial charge < -0.3 is 10.0 Å². The van der Waals surface area contributed by atoms with E-state index in [1.54, 1.807) is 0 Å². The van der Waals surface area contributed by atoms with E-state index in [-0.39, 0.29) is 0 Å². The molecule has 0 spiro atoms. The fourth-order valence-corrected chi connectivity index (χ4v) is 2.23. The first-order chi connectivity index (χ1) is 5.66. The second-order valence-electron chi connectivity index (χ2n) is 3.65. The van der Waals surface area contributed by atoms with Crippen molar-refractivity contribution >= 4 is 11.9 Å². The predicted molar refractivity (Wildman–Crippen MR) is 40.8 cm³/mol. The molecule has 0 aromatic rings. The summed E-state index contributed by atoms with van der Waals surface area (Å²) in [4.78, 5) is 22.9. The zero-order chi connectivity index (χ0) is 8.72. The summed E-state index contributed by atoms with van der Waals surface area (Å²) in [7, 11) is 0. The molecule has 1 N–H and O–H groups in total. The summed E-state index contributed by atoms with van der Waals surface area (Å²) in [5, 5.41) is 8.68. The highest BCUT2D eigenvalue weighted by molar-refractivity contribution is 5.81. The van der Waals surface area contributed by atoms with E-state index >= 15 is 0 Å². The van der Waals surface area contributed by atoms with Crippen molar-refractivity contribution in [3.63, 3.8) is 0 Å². The standard InChI is InChI=1S/C8H11NO3/c10-7-1-5-3-9(8(11)12)4-6(5)2-7/h5-6H,1-4H2,(H,11,12)/t5-,6+. The smallest absolute Gasteiger partial charge is 0.407 e. The minimum atomic E-state index is -0.850. The second kappa shape index (κ2) is 2.47. The Balaban J connectivity index is 2.02. The fourth-order valence-electron chi connectivity index (χ4n) is 2.23. The van der Waals surface area contributed by atoms with E-state index in [0.29, 0.717) is 43.6 Å². The number of amides is 1. The lowest BCUT2D eigenvalue weighted by Crippen LogP contribution is -2.28. The highest BCUT2D eigenvalue weighted by Crippen LogP contribution is 2.35. The van der Waals surface area contributed by atoms with Crippen LogP contribution in [-0.2, 0) is 4.79 Å². The first kappa shape index (κ1) is 7.58. The molecule has 1 aliphatic carbocycles. The predicted octanol–water partition coefficient (Wildman–Crippen LogP) is 0.575. The van der Waals surface area contributed by atoms with Gasteiger partial charge in [-0.25, -0.2) is 4.79 Å². The molecule has 12 heavy (non-hydrogen) atoms. The van der Waals surface area contributed by atoms with Crippen molar-refractivity contribution in [3.05, 3.63) is 0 Å². The van der Waals surface area contributed by atoms with E-state index in [1.165, 1.54) is 4.90 Å². The number of carbonyl (C=O) groups excluding carboxylic acids is 1. The Bertz CT molecular complexity index is 222. The molecule has 2 atom stereocenters. The lowest BCUT2D eigenvalue weighted by Gasteiger charge is -2.11. The summed E-state index contributed by atoms with van der Waals surface area (Å²) >= 11 is 0. The molecule has 0 radical (unpaired) electrons. The normalized spacial score (nSPS) is 34.0. The number of rotatable bonds is 0. The minimum Gasteiger partial charge on any atom is -0.465 e. The zero-order valence-corrected chi connectivity index (χ0v) is 6.69. The summed E-state index contributed by atoms with van der Waals surface area (Å²) in [6, 6.07) is 0. The zero-order valence-electron chi connectivity index (χ0n) is 6.69. The number of carbonyl (C=O) groups is 2. The number of hydrogen-bond acceptors (Lipinski definition) is 2. The Morgan fingerprint density at radius 2 is 1.83 bits per heavy atom. The van der Waals surface area contributed by atoms with Crippen molar-refractivity contribution in [1.29, 1.82) is 0 Å². The molecular formula is C8H11NO3. The highest BCUT2D eigenvalue weighted by atomic mass is 16.4. The van der Waals surface area contributed by atoms with Crippen molar-refractivity contribution < 1.29 is 14.7 Å².